The molecule has 12 heteroatoms. The van der Waals surface area contributed by atoms with Crippen molar-refractivity contribution in [3.8, 4) is 0 Å². The van der Waals surface area contributed by atoms with Gasteiger partial charge in [0.2, 0.25) is 5.91 Å². The lowest BCUT2D eigenvalue weighted by Crippen LogP contribution is -2.48. The van der Waals surface area contributed by atoms with Crippen molar-refractivity contribution in [1.29, 1.82) is 0 Å². The largest absolute Gasteiger partial charge is 0.350 e. The van der Waals surface area contributed by atoms with Crippen LogP contribution in [-0.4, -0.2) is 63.1 Å². The van der Waals surface area contributed by atoms with Crippen molar-refractivity contribution in [2.75, 3.05) is 19.6 Å². The van der Waals surface area contributed by atoms with Gasteiger partial charge in [0, 0.05) is 23.7 Å². The fourth-order valence-electron chi connectivity index (χ4n) is 4.87. The second-order valence-electron chi connectivity index (χ2n) is 9.54. The van der Waals surface area contributed by atoms with E-state index in [1.54, 1.807) is 31.2 Å². The molecule has 0 radical (unpaired) electrons. The first-order chi connectivity index (χ1) is 17.2. The molecule has 1 saturated carbocycles. The van der Waals surface area contributed by atoms with E-state index >= 15 is 0 Å². The second kappa shape index (κ2) is 8.99. The van der Waals surface area contributed by atoms with Gasteiger partial charge in [0.05, 0.1) is 19.0 Å². The Morgan fingerprint density at radius 3 is 2.56 bits per heavy atom. The van der Waals surface area contributed by atoms with Crippen molar-refractivity contribution >= 4 is 23.6 Å². The van der Waals surface area contributed by atoms with Gasteiger partial charge in [0.15, 0.2) is 0 Å². The van der Waals surface area contributed by atoms with E-state index in [0.29, 0.717) is 35.3 Å². The molecule has 36 heavy (non-hydrogen) atoms. The maximum atomic E-state index is 13.6. The maximum absolute atomic E-state index is 13.6. The normalized spacial score (nSPS) is 20.7. The van der Waals surface area contributed by atoms with Gasteiger partial charge in [-0.05, 0) is 37.0 Å². The van der Waals surface area contributed by atoms with Crippen molar-refractivity contribution in [3.63, 3.8) is 0 Å². The number of benzene rings is 1. The molecular formula is C24H26F2N6O4. The van der Waals surface area contributed by atoms with Crippen molar-refractivity contribution in [3.05, 3.63) is 53.3 Å². The van der Waals surface area contributed by atoms with E-state index in [1.165, 1.54) is 10.0 Å². The summed E-state index contributed by atoms with van der Waals surface area (Å²) >= 11 is 0. The minimum absolute atomic E-state index is 0.0624. The molecule has 2 aromatic rings. The van der Waals surface area contributed by atoms with Gasteiger partial charge in [0.25, 0.3) is 17.7 Å². The van der Waals surface area contributed by atoms with Crippen LogP contribution in [0.2, 0.25) is 0 Å². The van der Waals surface area contributed by atoms with E-state index in [0.717, 1.165) is 25.1 Å². The number of aromatic nitrogens is 2. The van der Waals surface area contributed by atoms with Crippen LogP contribution >= 0.6 is 0 Å². The van der Waals surface area contributed by atoms with Crippen LogP contribution in [0.3, 0.4) is 0 Å². The summed E-state index contributed by atoms with van der Waals surface area (Å²) < 4.78 is 26.4. The summed E-state index contributed by atoms with van der Waals surface area (Å²) in [5, 5.41) is 11.7. The third-order valence-electron chi connectivity index (χ3n) is 7.20. The number of hydrogen-bond acceptors (Lipinski definition) is 5. The highest BCUT2D eigenvalue weighted by Crippen LogP contribution is 2.52. The minimum Gasteiger partial charge on any atom is -0.350 e. The van der Waals surface area contributed by atoms with E-state index in [9.17, 15) is 28.0 Å². The SMILES string of the molecule is CC[C@H](CNC(=O)c1ccnn1C(F)F)C(=O)N[C@@H]1C(=O)N2CC3(CC3)CN2C(=O)c2ccccc21. The van der Waals surface area contributed by atoms with Crippen LogP contribution in [0.4, 0.5) is 8.78 Å². The van der Waals surface area contributed by atoms with Crippen LogP contribution in [0.5, 0.6) is 0 Å². The molecule has 4 amide bonds. The Bertz CT molecular complexity index is 1230. The zero-order chi connectivity index (χ0) is 25.6. The van der Waals surface area contributed by atoms with E-state index in [-0.39, 0.29) is 29.5 Å². The second-order valence-corrected chi connectivity index (χ2v) is 9.54. The maximum Gasteiger partial charge on any atom is 0.333 e. The van der Waals surface area contributed by atoms with E-state index in [1.807, 2.05) is 0 Å². The highest BCUT2D eigenvalue weighted by molar-refractivity contribution is 6.03. The van der Waals surface area contributed by atoms with Crippen molar-refractivity contribution in [2.45, 2.75) is 38.8 Å². The van der Waals surface area contributed by atoms with E-state index < -0.39 is 30.3 Å². The molecule has 1 aromatic heterocycles. The Hall–Kier alpha value is -3.83. The number of nitrogens with one attached hydrogen (secondary N) is 2. The van der Waals surface area contributed by atoms with Crippen LogP contribution in [0.1, 0.15) is 65.2 Å². The highest BCUT2D eigenvalue weighted by atomic mass is 19.3. The number of halogens is 2. The lowest BCUT2D eigenvalue weighted by atomic mass is 9.97. The average Bonchev–Trinajstić information content (AvgIpc) is 3.29. The van der Waals surface area contributed by atoms with Crippen LogP contribution in [0.15, 0.2) is 36.5 Å². The number of nitrogens with zero attached hydrogens (tertiary/aromatic N) is 4. The van der Waals surface area contributed by atoms with E-state index in [4.69, 9.17) is 0 Å². The molecule has 0 bridgehead atoms. The number of amides is 4. The number of rotatable bonds is 7. The molecule has 1 aliphatic carbocycles. The molecule has 2 fully saturated rings. The highest BCUT2D eigenvalue weighted by Gasteiger charge is 2.56. The zero-order valence-electron chi connectivity index (χ0n) is 19.6. The van der Waals surface area contributed by atoms with Crippen LogP contribution in [0.25, 0.3) is 0 Å². The molecule has 0 unspecified atom stereocenters. The number of carbonyl (C=O) groups is 4. The summed E-state index contributed by atoms with van der Waals surface area (Å²) in [4.78, 5) is 52.5. The predicted octanol–water partition coefficient (Wildman–Crippen LogP) is 1.88. The van der Waals surface area contributed by atoms with Crippen LogP contribution < -0.4 is 10.6 Å². The van der Waals surface area contributed by atoms with Gasteiger partial charge < -0.3 is 10.6 Å². The lowest BCUT2D eigenvalue weighted by molar-refractivity contribution is -0.145. The molecule has 1 aromatic carbocycles. The molecule has 10 nitrogen and oxygen atoms in total. The van der Waals surface area contributed by atoms with Gasteiger partial charge in [0.1, 0.15) is 11.7 Å². The number of hydrogen-bond donors (Lipinski definition) is 2. The Kier molecular flexibility index (Phi) is 5.97. The topological polar surface area (TPSA) is 117 Å². The summed E-state index contributed by atoms with van der Waals surface area (Å²) in [5.74, 6) is -2.67. The smallest absolute Gasteiger partial charge is 0.333 e. The number of carbonyl (C=O) groups excluding carboxylic acids is 4. The predicted molar refractivity (Wildman–Crippen MR) is 121 cm³/mol. The van der Waals surface area contributed by atoms with Crippen LogP contribution in [0, 0.1) is 11.3 Å². The standard InChI is InChI=1S/C24H26F2N6O4/c1-2-14(11-27-20(34)17-7-10-28-32(17)23(25)26)19(33)29-18-15-5-3-4-6-16(15)21(35)30-12-24(8-9-24)13-31(30)22(18)36/h3-7,10,14,18,23H,2,8-9,11-13H2,1H3,(H,27,34)(H,29,33)/t14-,18+/m1/s1. The minimum atomic E-state index is -2.98. The van der Waals surface area contributed by atoms with Crippen molar-refractivity contribution in [1.82, 2.24) is 30.4 Å². The van der Waals surface area contributed by atoms with Gasteiger partial charge in [-0.2, -0.15) is 18.6 Å². The van der Waals surface area contributed by atoms with E-state index in [2.05, 4.69) is 15.7 Å². The molecule has 1 spiro atoms. The summed E-state index contributed by atoms with van der Waals surface area (Å²) in [6.07, 6.45) is 3.30. The van der Waals surface area contributed by atoms with Crippen molar-refractivity contribution < 1.29 is 28.0 Å². The molecule has 190 valence electrons. The average molecular weight is 501 g/mol. The van der Waals surface area contributed by atoms with Gasteiger partial charge in [-0.1, -0.05) is 25.1 Å². The van der Waals surface area contributed by atoms with Gasteiger partial charge in [-0.15, -0.1) is 0 Å². The Balaban J connectivity index is 1.33. The number of alkyl halides is 2. The Morgan fingerprint density at radius 2 is 1.86 bits per heavy atom. The summed E-state index contributed by atoms with van der Waals surface area (Å²) in [5.41, 5.74) is 0.389. The monoisotopic (exact) mass is 500 g/mol. The third-order valence-corrected chi connectivity index (χ3v) is 7.20. The molecule has 2 aliphatic heterocycles. The molecular weight excluding hydrogens is 474 g/mol. The Morgan fingerprint density at radius 1 is 1.14 bits per heavy atom. The summed E-state index contributed by atoms with van der Waals surface area (Å²) in [6.45, 7) is -0.453. The fraction of sp³-hybridized carbons (Fsp3) is 0.458. The molecule has 2 N–H and O–H groups in total. The summed E-state index contributed by atoms with van der Waals surface area (Å²) in [7, 11) is 0. The first-order valence-corrected chi connectivity index (χ1v) is 11.9. The quantitative estimate of drug-likeness (QED) is 0.602. The van der Waals surface area contributed by atoms with Gasteiger partial charge in [-0.3, -0.25) is 19.2 Å². The first-order valence-electron chi connectivity index (χ1n) is 11.9. The number of fused-ring (bicyclic) bond motifs is 2. The Labute approximate surface area is 205 Å². The number of hydrazine groups is 1. The molecule has 2 atom stereocenters. The summed E-state index contributed by atoms with van der Waals surface area (Å²) in [6, 6.07) is 6.82. The molecule has 1 saturated heterocycles. The van der Waals surface area contributed by atoms with Gasteiger partial charge in [-0.25, -0.2) is 10.0 Å². The molecule has 3 heterocycles. The zero-order valence-corrected chi connectivity index (χ0v) is 19.6. The molecule has 5 rings (SSSR count). The fourth-order valence-corrected chi connectivity index (χ4v) is 4.87. The first kappa shape index (κ1) is 23.9. The lowest BCUT2D eigenvalue weighted by Gasteiger charge is -2.28. The van der Waals surface area contributed by atoms with Gasteiger partial charge >= 0.3 is 6.55 Å². The molecule has 3 aliphatic rings. The van der Waals surface area contributed by atoms with Crippen LogP contribution in [-0.2, 0) is 9.59 Å². The third kappa shape index (κ3) is 4.10. The van der Waals surface area contributed by atoms with Crippen molar-refractivity contribution in [2.24, 2.45) is 11.3 Å².